The van der Waals surface area contributed by atoms with Crippen LogP contribution < -0.4 is 11.3 Å². The highest BCUT2D eigenvalue weighted by Gasteiger charge is 2.25. The fourth-order valence-electron chi connectivity index (χ4n) is 2.52. The molecule has 0 aliphatic heterocycles. The summed E-state index contributed by atoms with van der Waals surface area (Å²) in [6.45, 7) is 8.89. The minimum Gasteiger partial charge on any atom is -0.335 e. The highest BCUT2D eigenvalue weighted by molar-refractivity contribution is 5.99. The number of rotatable bonds is 7. The molecule has 1 aromatic rings. The van der Waals surface area contributed by atoms with Crippen LogP contribution >= 0.6 is 0 Å². The van der Waals surface area contributed by atoms with Crippen LogP contribution in [0.25, 0.3) is 0 Å². The second kappa shape index (κ2) is 7.98. The van der Waals surface area contributed by atoms with Crippen LogP contribution in [0.2, 0.25) is 0 Å². The third-order valence-corrected chi connectivity index (χ3v) is 3.59. The molecule has 0 radical (unpaired) electrons. The summed E-state index contributed by atoms with van der Waals surface area (Å²) in [5.41, 5.74) is 2.65. The molecule has 0 saturated carbocycles. The summed E-state index contributed by atoms with van der Waals surface area (Å²) in [7, 11) is 0. The van der Waals surface area contributed by atoms with Crippen LogP contribution in [-0.2, 0) is 0 Å². The molecule has 1 amide bonds. The van der Waals surface area contributed by atoms with E-state index in [0.29, 0.717) is 12.5 Å². The maximum atomic E-state index is 13.8. The van der Waals surface area contributed by atoms with Gasteiger partial charge in [0.2, 0.25) is 0 Å². The number of carbonyl (C=O) groups excluding carboxylic acids is 1. The quantitative estimate of drug-likeness (QED) is 0.599. The smallest absolute Gasteiger partial charge is 0.256 e. The van der Waals surface area contributed by atoms with E-state index in [9.17, 15) is 9.18 Å². The van der Waals surface area contributed by atoms with Crippen molar-refractivity contribution in [2.45, 2.75) is 46.6 Å². The lowest BCUT2D eigenvalue weighted by atomic mass is 10.0. The van der Waals surface area contributed by atoms with Crippen LogP contribution in [0.3, 0.4) is 0 Å². The first-order chi connectivity index (χ1) is 9.96. The zero-order valence-electron chi connectivity index (χ0n) is 13.3. The molecule has 0 bridgehead atoms. The van der Waals surface area contributed by atoms with Gasteiger partial charge in [0.15, 0.2) is 0 Å². The van der Waals surface area contributed by atoms with E-state index >= 15 is 0 Å². The van der Waals surface area contributed by atoms with Crippen molar-refractivity contribution in [3.63, 3.8) is 0 Å². The summed E-state index contributed by atoms with van der Waals surface area (Å²) in [6, 6.07) is 4.57. The Morgan fingerprint density at radius 3 is 2.43 bits per heavy atom. The molecule has 0 fully saturated rings. The maximum absolute atomic E-state index is 13.8. The van der Waals surface area contributed by atoms with E-state index < -0.39 is 5.82 Å². The molecule has 0 aliphatic rings. The van der Waals surface area contributed by atoms with E-state index in [1.165, 1.54) is 12.1 Å². The Labute approximate surface area is 126 Å². The first-order valence-corrected chi connectivity index (χ1v) is 7.52. The Hall–Kier alpha value is -1.62. The van der Waals surface area contributed by atoms with Crippen LogP contribution in [-0.4, -0.2) is 23.4 Å². The van der Waals surface area contributed by atoms with Gasteiger partial charge in [-0.25, -0.2) is 4.39 Å². The van der Waals surface area contributed by atoms with Gasteiger partial charge in [-0.1, -0.05) is 33.8 Å². The van der Waals surface area contributed by atoms with Crippen molar-refractivity contribution in [3.8, 4) is 0 Å². The predicted octanol–water partition coefficient (Wildman–Crippen LogP) is 3.40. The zero-order chi connectivity index (χ0) is 16.0. The number of amides is 1. The van der Waals surface area contributed by atoms with E-state index in [1.54, 1.807) is 6.07 Å². The lowest BCUT2D eigenvalue weighted by molar-refractivity contribution is 0.0641. The average Bonchev–Trinajstić information content (AvgIpc) is 2.46. The predicted molar refractivity (Wildman–Crippen MR) is 84.5 cm³/mol. The van der Waals surface area contributed by atoms with Crippen LogP contribution in [0.1, 0.15) is 50.9 Å². The molecule has 1 aromatic carbocycles. The first-order valence-electron chi connectivity index (χ1n) is 7.52. The van der Waals surface area contributed by atoms with Crippen LogP contribution in [0.15, 0.2) is 18.2 Å². The Morgan fingerprint density at radius 2 is 1.95 bits per heavy atom. The monoisotopic (exact) mass is 295 g/mol. The van der Waals surface area contributed by atoms with Crippen LogP contribution in [0.4, 0.5) is 10.1 Å². The lowest BCUT2D eigenvalue weighted by Crippen LogP contribution is -2.42. The van der Waals surface area contributed by atoms with Crippen LogP contribution in [0, 0.1) is 11.7 Å². The van der Waals surface area contributed by atoms with Gasteiger partial charge in [0.05, 0.1) is 11.3 Å². The SMILES string of the molecule is CCC(CC)N(CC(C)C)C(=O)c1cccc(F)c1NN. The molecule has 21 heavy (non-hydrogen) atoms. The average molecular weight is 295 g/mol. The molecule has 0 aliphatic carbocycles. The van der Waals surface area contributed by atoms with Crippen molar-refractivity contribution in [3.05, 3.63) is 29.6 Å². The normalized spacial score (nSPS) is 11.0. The highest BCUT2D eigenvalue weighted by Crippen LogP contribution is 2.23. The van der Waals surface area contributed by atoms with E-state index in [0.717, 1.165) is 12.8 Å². The molecule has 0 heterocycles. The number of nitrogen functional groups attached to an aromatic ring is 1. The van der Waals surface area contributed by atoms with E-state index in [4.69, 9.17) is 5.84 Å². The van der Waals surface area contributed by atoms with Gasteiger partial charge < -0.3 is 10.3 Å². The van der Waals surface area contributed by atoms with Crippen LogP contribution in [0.5, 0.6) is 0 Å². The molecule has 0 saturated heterocycles. The molecule has 5 heteroatoms. The molecule has 3 N–H and O–H groups in total. The van der Waals surface area contributed by atoms with Crippen molar-refractivity contribution in [2.75, 3.05) is 12.0 Å². The molecule has 118 valence electrons. The summed E-state index contributed by atoms with van der Waals surface area (Å²) in [4.78, 5) is 14.7. The van der Waals surface area contributed by atoms with Gasteiger partial charge in [-0.2, -0.15) is 0 Å². The molecule has 1 rings (SSSR count). The highest BCUT2D eigenvalue weighted by atomic mass is 19.1. The van der Waals surface area contributed by atoms with Gasteiger partial charge in [0, 0.05) is 12.6 Å². The number of nitrogens with one attached hydrogen (secondary N) is 1. The third kappa shape index (κ3) is 4.17. The fourth-order valence-corrected chi connectivity index (χ4v) is 2.52. The minimum absolute atomic E-state index is 0.0576. The van der Waals surface area contributed by atoms with E-state index in [1.807, 2.05) is 4.90 Å². The minimum atomic E-state index is -0.516. The number of para-hydroxylation sites is 1. The van der Waals surface area contributed by atoms with Gasteiger partial charge in [-0.15, -0.1) is 0 Å². The maximum Gasteiger partial charge on any atom is 0.256 e. The number of anilines is 1. The summed E-state index contributed by atoms with van der Waals surface area (Å²) in [5.74, 6) is 5.02. The Bertz CT molecular complexity index is 473. The van der Waals surface area contributed by atoms with Gasteiger partial charge in [0.25, 0.3) is 5.91 Å². The molecular weight excluding hydrogens is 269 g/mol. The first kappa shape index (κ1) is 17.4. The topological polar surface area (TPSA) is 58.4 Å². The van der Waals surface area contributed by atoms with Gasteiger partial charge in [-0.05, 0) is 30.9 Å². The van der Waals surface area contributed by atoms with Crippen molar-refractivity contribution in [1.82, 2.24) is 4.90 Å². The van der Waals surface area contributed by atoms with E-state index in [-0.39, 0.29) is 23.2 Å². The van der Waals surface area contributed by atoms with E-state index in [2.05, 4.69) is 33.1 Å². The van der Waals surface area contributed by atoms with Gasteiger partial charge in [-0.3, -0.25) is 10.6 Å². The number of nitrogens with two attached hydrogens (primary N) is 1. The number of carbonyl (C=O) groups is 1. The zero-order valence-corrected chi connectivity index (χ0v) is 13.3. The second-order valence-electron chi connectivity index (χ2n) is 5.63. The third-order valence-electron chi connectivity index (χ3n) is 3.59. The largest absolute Gasteiger partial charge is 0.335 e. The Balaban J connectivity index is 3.19. The van der Waals surface area contributed by atoms with Crippen molar-refractivity contribution >= 4 is 11.6 Å². The molecule has 0 unspecified atom stereocenters. The van der Waals surface area contributed by atoms with Crippen molar-refractivity contribution in [1.29, 1.82) is 0 Å². The summed E-state index contributed by atoms with van der Waals surface area (Å²) < 4.78 is 13.8. The summed E-state index contributed by atoms with van der Waals surface area (Å²) >= 11 is 0. The number of hydrazine groups is 1. The Kier molecular flexibility index (Phi) is 6.62. The molecular formula is C16H26FN3O. The van der Waals surface area contributed by atoms with Crippen molar-refractivity contribution in [2.24, 2.45) is 11.8 Å². The Morgan fingerprint density at radius 1 is 1.33 bits per heavy atom. The molecule has 0 spiro atoms. The van der Waals surface area contributed by atoms with Crippen molar-refractivity contribution < 1.29 is 9.18 Å². The molecule has 0 atom stereocenters. The standard InChI is InChI=1S/C16H26FN3O/c1-5-12(6-2)20(10-11(3)4)16(21)13-8-7-9-14(17)15(13)19-18/h7-9,11-12,19H,5-6,10,18H2,1-4H3. The number of hydrogen-bond donors (Lipinski definition) is 2. The summed E-state index contributed by atoms with van der Waals surface area (Å²) in [6.07, 6.45) is 1.74. The number of hydrogen-bond acceptors (Lipinski definition) is 3. The molecule has 0 aromatic heterocycles. The lowest BCUT2D eigenvalue weighted by Gasteiger charge is -2.32. The molecule has 4 nitrogen and oxygen atoms in total. The van der Waals surface area contributed by atoms with Gasteiger partial charge >= 0.3 is 0 Å². The summed E-state index contributed by atoms with van der Waals surface area (Å²) in [5, 5.41) is 0. The number of halogens is 1. The second-order valence-corrected chi connectivity index (χ2v) is 5.63. The fraction of sp³-hybridized carbons (Fsp3) is 0.562. The number of benzene rings is 1. The van der Waals surface area contributed by atoms with Gasteiger partial charge in [0.1, 0.15) is 5.82 Å². The number of nitrogens with zero attached hydrogens (tertiary/aromatic N) is 1.